The van der Waals surface area contributed by atoms with Crippen LogP contribution in [0.3, 0.4) is 0 Å². The molecule has 0 radical (unpaired) electrons. The number of benzene rings is 1. The van der Waals surface area contributed by atoms with Gasteiger partial charge in [-0.2, -0.15) is 0 Å². The molecule has 0 bridgehead atoms. The van der Waals surface area contributed by atoms with Crippen molar-refractivity contribution < 1.29 is 14.0 Å². The van der Waals surface area contributed by atoms with E-state index in [1.165, 1.54) is 12.1 Å². The standard InChI is InChI=1S/C16H21FN2O2/c17-14-7-4-13(5-8-14)6-9-15(20)18-10-12-19-11-2-1-3-16(19)21/h4-5,7-8H,1-3,6,9-12H2,(H,18,20). The van der Waals surface area contributed by atoms with Crippen molar-refractivity contribution in [1.29, 1.82) is 0 Å². The zero-order valence-electron chi connectivity index (χ0n) is 12.1. The molecule has 114 valence electrons. The summed E-state index contributed by atoms with van der Waals surface area (Å²) in [5, 5.41) is 2.83. The number of nitrogens with one attached hydrogen (secondary N) is 1. The summed E-state index contributed by atoms with van der Waals surface area (Å²) in [7, 11) is 0. The molecule has 2 rings (SSSR count). The largest absolute Gasteiger partial charge is 0.354 e. The number of hydrogen-bond acceptors (Lipinski definition) is 2. The van der Waals surface area contributed by atoms with Crippen LogP contribution in [0.5, 0.6) is 0 Å². The predicted molar refractivity (Wildman–Crippen MR) is 78.2 cm³/mol. The van der Waals surface area contributed by atoms with Gasteiger partial charge in [0.15, 0.2) is 0 Å². The van der Waals surface area contributed by atoms with E-state index in [1.807, 2.05) is 4.90 Å². The molecule has 5 heteroatoms. The molecule has 0 atom stereocenters. The van der Waals surface area contributed by atoms with Crippen LogP contribution in [0, 0.1) is 5.82 Å². The van der Waals surface area contributed by atoms with E-state index in [-0.39, 0.29) is 17.6 Å². The molecule has 4 nitrogen and oxygen atoms in total. The average Bonchev–Trinajstić information content (AvgIpc) is 2.49. The number of halogens is 1. The molecule has 1 saturated heterocycles. The first-order chi connectivity index (χ1) is 10.1. The highest BCUT2D eigenvalue weighted by molar-refractivity contribution is 5.77. The van der Waals surface area contributed by atoms with Gasteiger partial charge >= 0.3 is 0 Å². The Bertz CT molecular complexity index is 488. The van der Waals surface area contributed by atoms with Crippen molar-refractivity contribution in [3.8, 4) is 0 Å². The highest BCUT2D eigenvalue weighted by Crippen LogP contribution is 2.09. The van der Waals surface area contributed by atoms with Gasteiger partial charge in [-0.3, -0.25) is 9.59 Å². The lowest BCUT2D eigenvalue weighted by Crippen LogP contribution is -2.41. The lowest BCUT2D eigenvalue weighted by atomic mass is 10.1. The first-order valence-corrected chi connectivity index (χ1v) is 7.44. The molecule has 1 heterocycles. The summed E-state index contributed by atoms with van der Waals surface area (Å²) < 4.78 is 12.7. The Morgan fingerprint density at radius 2 is 2.00 bits per heavy atom. The first-order valence-electron chi connectivity index (χ1n) is 7.44. The van der Waals surface area contributed by atoms with Crippen LogP contribution < -0.4 is 5.32 Å². The topological polar surface area (TPSA) is 49.4 Å². The number of likely N-dealkylation sites (tertiary alicyclic amines) is 1. The predicted octanol–water partition coefficient (Wildman–Crippen LogP) is 1.89. The van der Waals surface area contributed by atoms with Crippen LogP contribution in [0.4, 0.5) is 4.39 Å². The van der Waals surface area contributed by atoms with Crippen LogP contribution in [-0.4, -0.2) is 36.3 Å². The summed E-state index contributed by atoms with van der Waals surface area (Å²) in [6.45, 7) is 1.87. The Hall–Kier alpha value is -1.91. The fraction of sp³-hybridized carbons (Fsp3) is 0.500. The van der Waals surface area contributed by atoms with E-state index in [1.54, 1.807) is 12.1 Å². The van der Waals surface area contributed by atoms with E-state index < -0.39 is 0 Å². The van der Waals surface area contributed by atoms with E-state index in [4.69, 9.17) is 0 Å². The second-order valence-corrected chi connectivity index (χ2v) is 5.31. The summed E-state index contributed by atoms with van der Waals surface area (Å²) in [6.07, 6.45) is 3.61. The molecule has 21 heavy (non-hydrogen) atoms. The fourth-order valence-corrected chi connectivity index (χ4v) is 2.43. The molecule has 1 aliphatic rings. The minimum absolute atomic E-state index is 0.0382. The van der Waals surface area contributed by atoms with Crippen molar-refractivity contribution in [1.82, 2.24) is 10.2 Å². The molecule has 0 aliphatic carbocycles. The summed E-state index contributed by atoms with van der Waals surface area (Å²) >= 11 is 0. The Balaban J connectivity index is 1.63. The lowest BCUT2D eigenvalue weighted by molar-refractivity contribution is -0.133. The normalized spacial score (nSPS) is 15.1. The monoisotopic (exact) mass is 292 g/mol. The van der Waals surface area contributed by atoms with Gasteiger partial charge in [-0.1, -0.05) is 12.1 Å². The lowest BCUT2D eigenvalue weighted by Gasteiger charge is -2.26. The number of aryl methyl sites for hydroxylation is 1. The molecule has 0 spiro atoms. The molecule has 1 fully saturated rings. The number of amides is 2. The van der Waals surface area contributed by atoms with Crippen molar-refractivity contribution in [2.24, 2.45) is 0 Å². The minimum atomic E-state index is -0.269. The number of rotatable bonds is 6. The van der Waals surface area contributed by atoms with E-state index in [0.717, 1.165) is 24.9 Å². The summed E-state index contributed by atoms with van der Waals surface area (Å²) in [5.41, 5.74) is 0.942. The molecule has 0 unspecified atom stereocenters. The number of hydrogen-bond donors (Lipinski definition) is 1. The molecule has 1 aromatic carbocycles. The number of nitrogens with zero attached hydrogens (tertiary/aromatic N) is 1. The third-order valence-electron chi connectivity index (χ3n) is 3.68. The van der Waals surface area contributed by atoms with Gasteiger partial charge in [0, 0.05) is 32.5 Å². The smallest absolute Gasteiger partial charge is 0.222 e. The number of carbonyl (C=O) groups is 2. The van der Waals surface area contributed by atoms with Gasteiger partial charge in [0.05, 0.1) is 0 Å². The number of carbonyl (C=O) groups excluding carboxylic acids is 2. The van der Waals surface area contributed by atoms with Crippen molar-refractivity contribution in [3.05, 3.63) is 35.6 Å². The maximum Gasteiger partial charge on any atom is 0.222 e. The van der Waals surface area contributed by atoms with Gasteiger partial charge in [-0.15, -0.1) is 0 Å². The van der Waals surface area contributed by atoms with Gasteiger partial charge < -0.3 is 10.2 Å². The Kier molecular flexibility index (Phi) is 5.72. The fourth-order valence-electron chi connectivity index (χ4n) is 2.43. The van der Waals surface area contributed by atoms with Crippen molar-refractivity contribution in [3.63, 3.8) is 0 Å². The maximum atomic E-state index is 12.7. The summed E-state index contributed by atoms with van der Waals surface area (Å²) in [5.74, 6) is -0.125. The van der Waals surface area contributed by atoms with Crippen LogP contribution in [-0.2, 0) is 16.0 Å². The van der Waals surface area contributed by atoms with Crippen molar-refractivity contribution >= 4 is 11.8 Å². The second-order valence-electron chi connectivity index (χ2n) is 5.31. The van der Waals surface area contributed by atoms with Gasteiger partial charge in [0.25, 0.3) is 0 Å². The highest BCUT2D eigenvalue weighted by atomic mass is 19.1. The van der Waals surface area contributed by atoms with Gasteiger partial charge in [-0.05, 0) is 37.0 Å². The minimum Gasteiger partial charge on any atom is -0.354 e. The third kappa shape index (κ3) is 5.17. The molecular weight excluding hydrogens is 271 g/mol. The van der Waals surface area contributed by atoms with Crippen LogP contribution in [0.2, 0.25) is 0 Å². The van der Waals surface area contributed by atoms with Crippen LogP contribution in [0.15, 0.2) is 24.3 Å². The Morgan fingerprint density at radius 1 is 1.24 bits per heavy atom. The molecule has 1 N–H and O–H groups in total. The Morgan fingerprint density at radius 3 is 2.71 bits per heavy atom. The average molecular weight is 292 g/mol. The molecule has 1 aliphatic heterocycles. The zero-order valence-corrected chi connectivity index (χ0v) is 12.1. The third-order valence-corrected chi connectivity index (χ3v) is 3.68. The quantitative estimate of drug-likeness (QED) is 0.870. The van der Waals surface area contributed by atoms with Crippen molar-refractivity contribution in [2.75, 3.05) is 19.6 Å². The highest BCUT2D eigenvalue weighted by Gasteiger charge is 2.17. The SMILES string of the molecule is O=C(CCc1ccc(F)cc1)NCCN1CCCCC1=O. The second kappa shape index (κ2) is 7.76. The first kappa shape index (κ1) is 15.5. The van der Waals surface area contributed by atoms with E-state index in [0.29, 0.717) is 32.4 Å². The maximum absolute atomic E-state index is 12.7. The van der Waals surface area contributed by atoms with Crippen LogP contribution >= 0.6 is 0 Å². The van der Waals surface area contributed by atoms with Gasteiger partial charge in [0.1, 0.15) is 5.82 Å². The number of piperidine rings is 1. The van der Waals surface area contributed by atoms with Crippen LogP contribution in [0.25, 0.3) is 0 Å². The molecule has 2 amide bonds. The Labute approximate surface area is 124 Å². The molecular formula is C16H21FN2O2. The zero-order chi connectivity index (χ0) is 15.1. The van der Waals surface area contributed by atoms with Gasteiger partial charge in [0.2, 0.25) is 11.8 Å². The van der Waals surface area contributed by atoms with E-state index in [9.17, 15) is 14.0 Å². The summed E-state index contributed by atoms with van der Waals surface area (Å²) in [6, 6.07) is 6.18. The van der Waals surface area contributed by atoms with Crippen molar-refractivity contribution in [2.45, 2.75) is 32.1 Å². The van der Waals surface area contributed by atoms with Gasteiger partial charge in [-0.25, -0.2) is 4.39 Å². The summed E-state index contributed by atoms with van der Waals surface area (Å²) in [4.78, 5) is 25.1. The molecule has 1 aromatic rings. The molecule has 0 aromatic heterocycles. The van der Waals surface area contributed by atoms with Crippen LogP contribution in [0.1, 0.15) is 31.2 Å². The van der Waals surface area contributed by atoms with E-state index >= 15 is 0 Å². The molecule has 0 saturated carbocycles. The van der Waals surface area contributed by atoms with E-state index in [2.05, 4.69) is 5.32 Å².